The Hall–Kier alpha value is -1.16. The summed E-state index contributed by atoms with van der Waals surface area (Å²) in [7, 11) is 0. The summed E-state index contributed by atoms with van der Waals surface area (Å²) in [6.45, 7) is 6.17. The van der Waals surface area contributed by atoms with Crippen molar-refractivity contribution in [3.8, 4) is 0 Å². The quantitative estimate of drug-likeness (QED) is 0.835. The molecule has 0 radical (unpaired) electrons. The number of rotatable bonds is 5. The van der Waals surface area contributed by atoms with Gasteiger partial charge in [0.15, 0.2) is 5.78 Å². The van der Waals surface area contributed by atoms with Crippen molar-refractivity contribution in [1.29, 1.82) is 0 Å². The average Bonchev–Trinajstić information content (AvgIpc) is 2.78. The number of hydrogen-bond acceptors (Lipinski definition) is 3. The zero-order valence-electron chi connectivity index (χ0n) is 13.2. The summed E-state index contributed by atoms with van der Waals surface area (Å²) in [5.74, 6) is 0.663. The van der Waals surface area contributed by atoms with Crippen molar-refractivity contribution >= 4 is 23.0 Å². The minimum absolute atomic E-state index is 0.0201. The van der Waals surface area contributed by atoms with Crippen molar-refractivity contribution in [1.82, 2.24) is 5.32 Å². The molecule has 1 aromatic heterocycles. The molecule has 1 N–H and O–H groups in total. The highest BCUT2D eigenvalue weighted by molar-refractivity contribution is 7.12. The Labute approximate surface area is 131 Å². The van der Waals surface area contributed by atoms with Crippen LogP contribution in [0.5, 0.6) is 0 Å². The zero-order valence-corrected chi connectivity index (χ0v) is 14.0. The van der Waals surface area contributed by atoms with Gasteiger partial charge in [-0.25, -0.2) is 0 Å². The van der Waals surface area contributed by atoms with E-state index in [1.165, 1.54) is 19.3 Å². The molecule has 1 aliphatic carbocycles. The minimum atomic E-state index is 0.0201. The lowest BCUT2D eigenvalue weighted by molar-refractivity contribution is -0.122. The second kappa shape index (κ2) is 7.21. The van der Waals surface area contributed by atoms with E-state index in [2.05, 4.69) is 12.2 Å². The zero-order chi connectivity index (χ0) is 15.4. The lowest BCUT2D eigenvalue weighted by atomic mass is 9.86. The Morgan fingerprint density at radius 2 is 1.95 bits per heavy atom. The fraction of sp³-hybridized carbons (Fsp3) is 0.647. The first-order valence-corrected chi connectivity index (χ1v) is 8.68. The van der Waals surface area contributed by atoms with Crippen molar-refractivity contribution in [2.45, 2.75) is 65.3 Å². The van der Waals surface area contributed by atoms with Crippen molar-refractivity contribution in [2.24, 2.45) is 5.92 Å². The number of amides is 1. The van der Waals surface area contributed by atoms with Crippen molar-refractivity contribution < 1.29 is 9.59 Å². The third kappa shape index (κ3) is 4.40. The van der Waals surface area contributed by atoms with Crippen molar-refractivity contribution in [3.05, 3.63) is 21.4 Å². The van der Waals surface area contributed by atoms with Gasteiger partial charge >= 0.3 is 0 Å². The van der Waals surface area contributed by atoms with E-state index in [4.69, 9.17) is 0 Å². The third-order valence-corrected chi connectivity index (χ3v) is 5.34. The standard InChI is InChI=1S/C17H25NO2S/c1-11-6-4-5-7-15(11)18-17(20)9-8-16(19)14-10-12(2)21-13(14)3/h10-11,15H,4-9H2,1-3H3,(H,18,20). The molecule has 0 bridgehead atoms. The van der Waals surface area contributed by atoms with E-state index in [-0.39, 0.29) is 11.7 Å². The average molecular weight is 307 g/mol. The molecule has 0 spiro atoms. The van der Waals surface area contributed by atoms with Crippen LogP contribution in [-0.2, 0) is 4.79 Å². The second-order valence-electron chi connectivity index (χ2n) is 6.19. The molecule has 1 amide bonds. The van der Waals surface area contributed by atoms with E-state index in [0.717, 1.165) is 21.7 Å². The number of hydrogen-bond donors (Lipinski definition) is 1. The van der Waals surface area contributed by atoms with Gasteiger partial charge in [0.2, 0.25) is 5.91 Å². The Balaban J connectivity index is 1.81. The van der Waals surface area contributed by atoms with Gasteiger partial charge in [-0.15, -0.1) is 11.3 Å². The van der Waals surface area contributed by atoms with Gasteiger partial charge in [0.25, 0.3) is 0 Å². The highest BCUT2D eigenvalue weighted by Crippen LogP contribution is 2.24. The molecule has 1 heterocycles. The van der Waals surface area contributed by atoms with Crippen LogP contribution in [0.3, 0.4) is 0 Å². The molecular weight excluding hydrogens is 282 g/mol. The number of Topliss-reactive ketones (excluding diaryl/α,β-unsaturated/α-hetero) is 1. The van der Waals surface area contributed by atoms with Crippen LogP contribution < -0.4 is 5.32 Å². The molecule has 0 aliphatic heterocycles. The molecular formula is C17H25NO2S. The lowest BCUT2D eigenvalue weighted by Crippen LogP contribution is -2.41. The Bertz CT molecular complexity index is 521. The van der Waals surface area contributed by atoms with Gasteiger partial charge in [-0.1, -0.05) is 19.8 Å². The summed E-state index contributed by atoms with van der Waals surface area (Å²) in [5.41, 5.74) is 0.788. The molecule has 4 heteroatoms. The highest BCUT2D eigenvalue weighted by Gasteiger charge is 2.23. The Morgan fingerprint density at radius 3 is 2.57 bits per heavy atom. The molecule has 116 valence electrons. The molecule has 1 saturated carbocycles. The summed E-state index contributed by atoms with van der Waals surface area (Å²) in [6, 6.07) is 2.23. The lowest BCUT2D eigenvalue weighted by Gasteiger charge is -2.29. The van der Waals surface area contributed by atoms with Crippen LogP contribution in [0.25, 0.3) is 0 Å². The summed E-state index contributed by atoms with van der Waals surface area (Å²) in [5, 5.41) is 3.11. The number of ketones is 1. The van der Waals surface area contributed by atoms with Crippen LogP contribution >= 0.6 is 11.3 Å². The maximum atomic E-state index is 12.2. The van der Waals surface area contributed by atoms with Gasteiger partial charge in [-0.2, -0.15) is 0 Å². The maximum absolute atomic E-state index is 12.2. The van der Waals surface area contributed by atoms with E-state index >= 15 is 0 Å². The molecule has 0 aromatic carbocycles. The van der Waals surface area contributed by atoms with Crippen LogP contribution in [0, 0.1) is 19.8 Å². The second-order valence-corrected chi connectivity index (χ2v) is 7.65. The van der Waals surface area contributed by atoms with Crippen LogP contribution in [0.2, 0.25) is 0 Å². The van der Waals surface area contributed by atoms with Crippen LogP contribution in [-0.4, -0.2) is 17.7 Å². The number of aryl methyl sites for hydroxylation is 2. The molecule has 1 aromatic rings. The molecule has 2 atom stereocenters. The fourth-order valence-electron chi connectivity index (χ4n) is 3.08. The predicted molar refractivity (Wildman–Crippen MR) is 86.9 cm³/mol. The fourth-order valence-corrected chi connectivity index (χ4v) is 4.02. The van der Waals surface area contributed by atoms with Gasteiger partial charge < -0.3 is 5.32 Å². The van der Waals surface area contributed by atoms with Gasteiger partial charge in [0.1, 0.15) is 0 Å². The maximum Gasteiger partial charge on any atom is 0.220 e. The Morgan fingerprint density at radius 1 is 1.24 bits per heavy atom. The number of carbonyl (C=O) groups is 2. The normalized spacial score (nSPS) is 22.0. The van der Waals surface area contributed by atoms with Crippen molar-refractivity contribution in [3.63, 3.8) is 0 Å². The monoisotopic (exact) mass is 307 g/mol. The summed E-state index contributed by atoms with van der Waals surface area (Å²) >= 11 is 1.64. The molecule has 0 saturated heterocycles. The molecule has 1 aliphatic rings. The first-order chi connectivity index (χ1) is 9.97. The number of nitrogens with one attached hydrogen (secondary N) is 1. The first kappa shape index (κ1) is 16.2. The van der Waals surface area contributed by atoms with Gasteiger partial charge in [0, 0.05) is 34.2 Å². The first-order valence-electron chi connectivity index (χ1n) is 7.87. The Kier molecular flexibility index (Phi) is 5.57. The third-order valence-electron chi connectivity index (χ3n) is 4.38. The highest BCUT2D eigenvalue weighted by atomic mass is 32.1. The molecule has 21 heavy (non-hydrogen) atoms. The van der Waals surface area contributed by atoms with Crippen LogP contribution in [0.1, 0.15) is 65.6 Å². The minimum Gasteiger partial charge on any atom is -0.353 e. The number of thiophene rings is 1. The van der Waals surface area contributed by atoms with Gasteiger partial charge in [-0.3, -0.25) is 9.59 Å². The summed E-state index contributed by atoms with van der Waals surface area (Å²) in [4.78, 5) is 26.4. The van der Waals surface area contributed by atoms with E-state index < -0.39 is 0 Å². The van der Waals surface area contributed by atoms with Gasteiger partial charge in [-0.05, 0) is 38.7 Å². The summed E-state index contributed by atoms with van der Waals surface area (Å²) < 4.78 is 0. The largest absolute Gasteiger partial charge is 0.353 e. The smallest absolute Gasteiger partial charge is 0.220 e. The number of carbonyl (C=O) groups excluding carboxylic acids is 2. The predicted octanol–water partition coefficient (Wildman–Crippen LogP) is 4.02. The molecule has 3 nitrogen and oxygen atoms in total. The van der Waals surface area contributed by atoms with E-state index in [9.17, 15) is 9.59 Å². The van der Waals surface area contributed by atoms with Crippen molar-refractivity contribution in [2.75, 3.05) is 0 Å². The van der Waals surface area contributed by atoms with Crippen LogP contribution in [0.4, 0.5) is 0 Å². The topological polar surface area (TPSA) is 46.2 Å². The van der Waals surface area contributed by atoms with E-state index in [0.29, 0.717) is 24.8 Å². The SMILES string of the molecule is Cc1cc(C(=O)CCC(=O)NC2CCCCC2C)c(C)s1. The molecule has 2 rings (SSSR count). The molecule has 2 unspecified atom stereocenters. The molecule has 1 fully saturated rings. The van der Waals surface area contributed by atoms with Crippen LogP contribution in [0.15, 0.2) is 6.07 Å². The van der Waals surface area contributed by atoms with E-state index in [1.807, 2.05) is 19.9 Å². The summed E-state index contributed by atoms with van der Waals surface area (Å²) in [6.07, 6.45) is 5.34. The van der Waals surface area contributed by atoms with Gasteiger partial charge in [0.05, 0.1) is 0 Å². The van der Waals surface area contributed by atoms with E-state index in [1.54, 1.807) is 11.3 Å².